The number of carbonyl (C=O) groups excluding carboxylic acids is 2. The van der Waals surface area contributed by atoms with Gasteiger partial charge in [0.1, 0.15) is 18.4 Å². The lowest BCUT2D eigenvalue weighted by atomic mass is 10.1. The highest BCUT2D eigenvalue weighted by atomic mass is 32.2. The molecule has 0 saturated carbocycles. The number of ether oxygens (including phenoxy) is 2. The first-order valence-corrected chi connectivity index (χ1v) is 14.5. The number of benzene rings is 3. The first kappa shape index (κ1) is 31.4. The van der Waals surface area contributed by atoms with Crippen LogP contribution in [0.4, 0.5) is 10.1 Å². The average Bonchev–Trinajstić information content (AvgIpc) is 2.97. The summed E-state index contributed by atoms with van der Waals surface area (Å²) in [7, 11) is -1.40. The number of nitrogens with one attached hydrogen (secondary N) is 1. The number of hydrogen-bond donors (Lipinski definition) is 1. The Morgan fingerprint density at radius 1 is 0.902 bits per heavy atom. The normalized spacial score (nSPS) is 12.0. The molecule has 0 aliphatic rings. The summed E-state index contributed by atoms with van der Waals surface area (Å²) in [5.41, 5.74) is 0.329. The van der Waals surface area contributed by atoms with Crippen molar-refractivity contribution in [2.75, 3.05) is 31.6 Å². The van der Waals surface area contributed by atoms with Crippen molar-refractivity contribution >= 4 is 27.5 Å². The monoisotopic (exact) mass is 585 g/mol. The number of rotatable bonds is 13. The average molecular weight is 586 g/mol. The van der Waals surface area contributed by atoms with Crippen LogP contribution in [0.25, 0.3) is 0 Å². The van der Waals surface area contributed by atoms with Crippen LogP contribution in [0.5, 0.6) is 11.5 Å². The largest absolute Gasteiger partial charge is 0.493 e. The molecule has 0 aromatic heterocycles. The molecule has 9 nitrogen and oxygen atoms in total. The maximum absolute atomic E-state index is 14.7. The Balaban J connectivity index is 2.07. The maximum Gasteiger partial charge on any atom is 0.264 e. The zero-order valence-electron chi connectivity index (χ0n) is 23.8. The molecule has 3 aromatic carbocycles. The van der Waals surface area contributed by atoms with Gasteiger partial charge in [-0.1, -0.05) is 50.2 Å². The lowest BCUT2D eigenvalue weighted by Crippen LogP contribution is -2.51. The van der Waals surface area contributed by atoms with Crippen LogP contribution in [0, 0.1) is 11.7 Å². The van der Waals surface area contributed by atoms with Crippen LogP contribution < -0.4 is 19.1 Å². The van der Waals surface area contributed by atoms with Crippen molar-refractivity contribution in [2.24, 2.45) is 5.92 Å². The summed E-state index contributed by atoms with van der Waals surface area (Å²) in [5, 5.41) is 2.80. The molecule has 1 N–H and O–H groups in total. The molecule has 0 saturated heterocycles. The second-order valence-corrected chi connectivity index (χ2v) is 11.7. The standard InChI is InChI=1S/C30H36FN3O6S/c1-21(2)18-32-30(36)22(3)33(19-23-11-9-10-14-26(23)31)29(35)20-34(41(37,38)25-12-7-6-8-13-25)24-15-16-27(39-4)28(17-24)40-5/h6-17,21-22H,18-20H2,1-5H3,(H,32,36)/t22-/m0/s1. The Morgan fingerprint density at radius 3 is 2.15 bits per heavy atom. The van der Waals surface area contributed by atoms with Crippen LogP contribution in [0.1, 0.15) is 26.3 Å². The van der Waals surface area contributed by atoms with Gasteiger partial charge >= 0.3 is 0 Å². The van der Waals surface area contributed by atoms with E-state index in [0.29, 0.717) is 12.3 Å². The van der Waals surface area contributed by atoms with Crippen molar-refractivity contribution in [2.45, 2.75) is 38.3 Å². The minimum Gasteiger partial charge on any atom is -0.493 e. The fraction of sp³-hybridized carbons (Fsp3) is 0.333. The molecule has 11 heteroatoms. The van der Waals surface area contributed by atoms with Crippen molar-refractivity contribution < 1.29 is 31.9 Å². The van der Waals surface area contributed by atoms with E-state index in [9.17, 15) is 22.4 Å². The van der Waals surface area contributed by atoms with Gasteiger partial charge in [-0.15, -0.1) is 0 Å². The molecule has 0 radical (unpaired) electrons. The Morgan fingerprint density at radius 2 is 1.54 bits per heavy atom. The molecule has 3 rings (SSSR count). The molecular weight excluding hydrogens is 549 g/mol. The Kier molecular flexibility index (Phi) is 10.7. The summed E-state index contributed by atoms with van der Waals surface area (Å²) >= 11 is 0. The summed E-state index contributed by atoms with van der Waals surface area (Å²) in [6.07, 6.45) is 0. The second kappa shape index (κ2) is 14.0. The van der Waals surface area contributed by atoms with E-state index in [1.54, 1.807) is 24.3 Å². The van der Waals surface area contributed by atoms with Crippen molar-refractivity contribution in [1.82, 2.24) is 10.2 Å². The third kappa shape index (κ3) is 7.75. The minimum absolute atomic E-state index is 0.0361. The van der Waals surface area contributed by atoms with Gasteiger partial charge in [0.25, 0.3) is 10.0 Å². The maximum atomic E-state index is 14.7. The van der Waals surface area contributed by atoms with Crippen molar-refractivity contribution in [3.05, 3.63) is 84.2 Å². The van der Waals surface area contributed by atoms with E-state index >= 15 is 0 Å². The van der Waals surface area contributed by atoms with E-state index in [2.05, 4.69) is 5.32 Å². The zero-order chi connectivity index (χ0) is 30.2. The van der Waals surface area contributed by atoms with E-state index in [1.807, 2.05) is 13.8 Å². The van der Waals surface area contributed by atoms with Crippen LogP contribution >= 0.6 is 0 Å². The fourth-order valence-corrected chi connectivity index (χ4v) is 5.50. The first-order valence-electron chi connectivity index (χ1n) is 13.1. The molecule has 41 heavy (non-hydrogen) atoms. The second-order valence-electron chi connectivity index (χ2n) is 9.79. The topological polar surface area (TPSA) is 105 Å². The smallest absolute Gasteiger partial charge is 0.264 e. The molecule has 220 valence electrons. The number of nitrogens with zero attached hydrogens (tertiary/aromatic N) is 2. The van der Waals surface area contributed by atoms with E-state index in [4.69, 9.17) is 9.47 Å². The lowest BCUT2D eigenvalue weighted by Gasteiger charge is -2.32. The van der Waals surface area contributed by atoms with Crippen molar-refractivity contribution in [3.63, 3.8) is 0 Å². The van der Waals surface area contributed by atoms with Crippen molar-refractivity contribution in [3.8, 4) is 11.5 Å². The molecular formula is C30H36FN3O6S. The Hall–Kier alpha value is -4.12. The van der Waals surface area contributed by atoms with Crippen LogP contribution in [0.3, 0.4) is 0 Å². The van der Waals surface area contributed by atoms with Gasteiger partial charge in [0.05, 0.1) is 24.8 Å². The summed E-state index contributed by atoms with van der Waals surface area (Å²) in [4.78, 5) is 28.1. The highest BCUT2D eigenvalue weighted by molar-refractivity contribution is 7.92. The lowest BCUT2D eigenvalue weighted by molar-refractivity contribution is -0.139. The highest BCUT2D eigenvalue weighted by Crippen LogP contribution is 2.34. The summed E-state index contributed by atoms with van der Waals surface area (Å²) in [5.74, 6) is -0.888. The molecule has 3 aromatic rings. The van der Waals surface area contributed by atoms with Gasteiger partial charge in [-0.25, -0.2) is 12.8 Å². The molecule has 0 spiro atoms. The summed E-state index contributed by atoms with van der Waals surface area (Å²) < 4.78 is 54.0. The molecule has 0 unspecified atom stereocenters. The van der Waals surface area contributed by atoms with E-state index < -0.39 is 40.2 Å². The molecule has 0 fully saturated rings. The third-order valence-electron chi connectivity index (χ3n) is 6.42. The molecule has 1 atom stereocenters. The Bertz CT molecular complexity index is 1450. The number of methoxy groups -OCH3 is 2. The van der Waals surface area contributed by atoms with Crippen LogP contribution in [0.2, 0.25) is 0 Å². The van der Waals surface area contributed by atoms with Gasteiger partial charge in [0.2, 0.25) is 11.8 Å². The van der Waals surface area contributed by atoms with Gasteiger partial charge in [-0.05, 0) is 43.2 Å². The van der Waals surface area contributed by atoms with E-state index in [1.165, 1.54) is 74.6 Å². The minimum atomic E-state index is -4.26. The molecule has 0 aliphatic heterocycles. The van der Waals surface area contributed by atoms with Gasteiger partial charge in [0.15, 0.2) is 11.5 Å². The number of amides is 2. The van der Waals surface area contributed by atoms with Gasteiger partial charge < -0.3 is 19.7 Å². The molecule has 0 heterocycles. The zero-order valence-corrected chi connectivity index (χ0v) is 24.7. The number of halogens is 1. The Labute approximate surface area is 240 Å². The fourth-order valence-electron chi connectivity index (χ4n) is 4.07. The quantitative estimate of drug-likeness (QED) is 0.322. The number of carbonyl (C=O) groups is 2. The SMILES string of the molecule is COc1ccc(N(CC(=O)N(Cc2ccccc2F)[C@@H](C)C(=O)NCC(C)C)S(=O)(=O)c2ccccc2)cc1OC. The molecule has 2 amide bonds. The van der Waals surface area contributed by atoms with E-state index in [0.717, 1.165) is 4.31 Å². The van der Waals surface area contributed by atoms with Gasteiger partial charge in [0, 0.05) is 24.7 Å². The van der Waals surface area contributed by atoms with Crippen LogP contribution in [0.15, 0.2) is 77.7 Å². The molecule has 0 aliphatic carbocycles. The predicted octanol–water partition coefficient (Wildman–Crippen LogP) is 4.23. The molecule has 0 bridgehead atoms. The summed E-state index contributed by atoms with van der Waals surface area (Å²) in [6.45, 7) is 4.87. The van der Waals surface area contributed by atoms with Crippen LogP contribution in [-0.2, 0) is 26.2 Å². The van der Waals surface area contributed by atoms with Crippen LogP contribution in [-0.4, -0.2) is 58.5 Å². The van der Waals surface area contributed by atoms with Crippen molar-refractivity contribution in [1.29, 1.82) is 0 Å². The third-order valence-corrected chi connectivity index (χ3v) is 8.20. The first-order chi connectivity index (χ1) is 19.5. The summed E-state index contributed by atoms with van der Waals surface area (Å²) in [6, 6.07) is 17.1. The van der Waals surface area contributed by atoms with Gasteiger partial charge in [-0.2, -0.15) is 0 Å². The number of hydrogen-bond acceptors (Lipinski definition) is 6. The predicted molar refractivity (Wildman–Crippen MR) is 155 cm³/mol. The number of sulfonamides is 1. The van der Waals surface area contributed by atoms with E-state index in [-0.39, 0.29) is 34.4 Å². The number of anilines is 1. The highest BCUT2D eigenvalue weighted by Gasteiger charge is 2.33. The van der Waals surface area contributed by atoms with Gasteiger partial charge in [-0.3, -0.25) is 13.9 Å².